The molecule has 0 spiro atoms. The molecule has 508 valence electrons. The lowest BCUT2D eigenvalue weighted by molar-refractivity contribution is -0.143. The molecule has 0 aliphatic rings. The summed E-state index contributed by atoms with van der Waals surface area (Å²) in [5.41, 5.74) is 0. The maximum Gasteiger partial charge on any atom is 0.305 e. The smallest absolute Gasteiger partial charge is 0.305 e. The number of aliphatic hydroxyl groups excluding tert-OH is 2. The maximum absolute atomic E-state index is 12.5. The lowest BCUT2D eigenvalue weighted by Crippen LogP contribution is -2.45. The number of aliphatic hydroxyl groups is 2. The predicted molar refractivity (Wildman–Crippen MR) is 379 cm³/mol. The van der Waals surface area contributed by atoms with Crippen molar-refractivity contribution < 1.29 is 24.5 Å². The lowest BCUT2D eigenvalue weighted by Gasteiger charge is -2.22. The first kappa shape index (κ1) is 84.1. The number of esters is 1. The first-order valence-electron chi connectivity index (χ1n) is 39.2. The summed E-state index contributed by atoms with van der Waals surface area (Å²) in [6.07, 6.45) is 98.0. The minimum atomic E-state index is -0.662. The van der Waals surface area contributed by atoms with E-state index in [2.05, 4.69) is 55.6 Å². The van der Waals surface area contributed by atoms with Crippen LogP contribution >= 0.6 is 0 Å². The van der Waals surface area contributed by atoms with Gasteiger partial charge in [0.2, 0.25) is 5.91 Å². The number of unbranched alkanes of at least 4 members (excludes halogenated alkanes) is 57. The van der Waals surface area contributed by atoms with Crippen LogP contribution in [0.25, 0.3) is 0 Å². The van der Waals surface area contributed by atoms with E-state index in [1.54, 1.807) is 0 Å². The van der Waals surface area contributed by atoms with E-state index in [0.29, 0.717) is 25.9 Å². The average molecular weight is 1210 g/mol. The molecule has 0 fully saturated rings. The van der Waals surface area contributed by atoms with Gasteiger partial charge in [-0.15, -0.1) is 0 Å². The van der Waals surface area contributed by atoms with Gasteiger partial charge in [0, 0.05) is 12.8 Å². The molecule has 0 radical (unpaired) electrons. The van der Waals surface area contributed by atoms with Crippen LogP contribution in [0.15, 0.2) is 36.5 Å². The molecule has 0 saturated heterocycles. The van der Waals surface area contributed by atoms with E-state index < -0.39 is 12.1 Å². The Balaban J connectivity index is 3.33. The molecule has 0 aromatic rings. The highest BCUT2D eigenvalue weighted by atomic mass is 16.5. The third-order valence-corrected chi connectivity index (χ3v) is 18.4. The van der Waals surface area contributed by atoms with Crippen LogP contribution in [-0.4, -0.2) is 47.4 Å². The number of ether oxygens (including phenoxy) is 1. The molecule has 86 heavy (non-hydrogen) atoms. The molecule has 0 rings (SSSR count). The Hall–Kier alpha value is -1.92. The highest BCUT2D eigenvalue weighted by Gasteiger charge is 2.20. The standard InChI is InChI=1S/C80H153NO5/c1-3-5-7-9-11-13-15-17-19-21-42-46-50-54-58-62-66-70-74-80(85)86-75-71-67-63-59-55-51-47-43-40-38-36-34-32-30-28-26-24-22-23-25-27-29-31-33-35-37-39-41-45-49-53-57-61-65-69-73-79(84)81-77(76-82)78(83)72-68-64-60-56-52-48-44-20-18-16-14-12-10-8-6-4-2/h13,15,19,21,24,26,77-78,82-83H,3-12,14,16-18,20,22-23,25,27-76H2,1-2H3,(H,81,84)/b15-13-,21-19-,26-24-. The average Bonchev–Trinajstić information content (AvgIpc) is 3.60. The van der Waals surface area contributed by atoms with Gasteiger partial charge in [-0.05, 0) is 83.5 Å². The van der Waals surface area contributed by atoms with Crippen LogP contribution in [0.1, 0.15) is 438 Å². The number of hydrogen-bond donors (Lipinski definition) is 3. The van der Waals surface area contributed by atoms with E-state index in [9.17, 15) is 19.8 Å². The zero-order chi connectivity index (χ0) is 62.0. The zero-order valence-corrected chi connectivity index (χ0v) is 58.3. The Morgan fingerprint density at radius 2 is 0.581 bits per heavy atom. The molecule has 6 nitrogen and oxygen atoms in total. The van der Waals surface area contributed by atoms with Crippen molar-refractivity contribution in [2.45, 2.75) is 450 Å². The van der Waals surface area contributed by atoms with Crippen molar-refractivity contribution in [2.24, 2.45) is 0 Å². The van der Waals surface area contributed by atoms with Crippen LogP contribution in [0.2, 0.25) is 0 Å². The molecule has 0 bridgehead atoms. The fourth-order valence-corrected chi connectivity index (χ4v) is 12.4. The van der Waals surface area contributed by atoms with Gasteiger partial charge < -0.3 is 20.3 Å². The van der Waals surface area contributed by atoms with Gasteiger partial charge >= 0.3 is 5.97 Å². The maximum atomic E-state index is 12.5. The van der Waals surface area contributed by atoms with Crippen molar-refractivity contribution >= 4 is 11.9 Å². The molecule has 0 heterocycles. The number of allylic oxidation sites excluding steroid dienone is 6. The third kappa shape index (κ3) is 71.2. The second-order valence-corrected chi connectivity index (χ2v) is 27.0. The molecule has 2 unspecified atom stereocenters. The molecule has 0 aromatic carbocycles. The fourth-order valence-electron chi connectivity index (χ4n) is 12.4. The molecule has 3 N–H and O–H groups in total. The Morgan fingerprint density at radius 1 is 0.326 bits per heavy atom. The van der Waals surface area contributed by atoms with Crippen LogP contribution < -0.4 is 5.32 Å². The summed E-state index contributed by atoms with van der Waals surface area (Å²) in [7, 11) is 0. The minimum Gasteiger partial charge on any atom is -0.466 e. The van der Waals surface area contributed by atoms with Crippen LogP contribution in [0.3, 0.4) is 0 Å². The number of rotatable bonds is 74. The summed E-state index contributed by atoms with van der Waals surface area (Å²) < 4.78 is 5.51. The van der Waals surface area contributed by atoms with Crippen LogP contribution in [-0.2, 0) is 14.3 Å². The molecular formula is C80H153NO5. The van der Waals surface area contributed by atoms with Gasteiger partial charge in [-0.25, -0.2) is 0 Å². The molecule has 0 aliphatic carbocycles. The van der Waals surface area contributed by atoms with E-state index in [1.165, 1.54) is 353 Å². The van der Waals surface area contributed by atoms with Gasteiger partial charge in [-0.3, -0.25) is 9.59 Å². The minimum absolute atomic E-state index is 0.0135. The second-order valence-electron chi connectivity index (χ2n) is 27.0. The Morgan fingerprint density at radius 3 is 0.907 bits per heavy atom. The van der Waals surface area contributed by atoms with E-state index in [1.807, 2.05) is 0 Å². The SMILES string of the molecule is CCCCCC/C=C\C/C=C\CCCCCCCCCC(=O)OCCCCCCCCCCCCCCCC/C=C\CCCCCCCCCCCCCCCCCCCC(=O)NC(CO)C(O)CCCCCCCCCCCCCCCCCC. The Labute approximate surface area is 538 Å². The second kappa shape index (κ2) is 75.5. The Bertz CT molecular complexity index is 1390. The van der Waals surface area contributed by atoms with Gasteiger partial charge in [0.15, 0.2) is 0 Å². The van der Waals surface area contributed by atoms with Crippen molar-refractivity contribution in [3.05, 3.63) is 36.5 Å². The normalized spacial score (nSPS) is 12.7. The van der Waals surface area contributed by atoms with E-state index >= 15 is 0 Å². The van der Waals surface area contributed by atoms with Crippen molar-refractivity contribution in [1.82, 2.24) is 5.32 Å². The van der Waals surface area contributed by atoms with Gasteiger partial charge in [0.25, 0.3) is 0 Å². The highest BCUT2D eigenvalue weighted by Crippen LogP contribution is 2.20. The molecule has 0 aliphatic heterocycles. The Kier molecular flexibility index (Phi) is 73.9. The first-order valence-corrected chi connectivity index (χ1v) is 39.2. The van der Waals surface area contributed by atoms with Crippen molar-refractivity contribution in [1.29, 1.82) is 0 Å². The topological polar surface area (TPSA) is 95.9 Å². The number of amides is 1. The van der Waals surface area contributed by atoms with Gasteiger partial charge in [-0.2, -0.15) is 0 Å². The molecule has 1 amide bonds. The monoisotopic (exact) mass is 1210 g/mol. The van der Waals surface area contributed by atoms with E-state index in [0.717, 1.165) is 51.4 Å². The van der Waals surface area contributed by atoms with Crippen molar-refractivity contribution in [2.75, 3.05) is 13.2 Å². The van der Waals surface area contributed by atoms with E-state index in [4.69, 9.17) is 4.74 Å². The molecule has 6 heteroatoms. The summed E-state index contributed by atoms with van der Waals surface area (Å²) in [5, 5.41) is 23.4. The summed E-state index contributed by atoms with van der Waals surface area (Å²) in [4.78, 5) is 24.6. The number of carbonyl (C=O) groups excluding carboxylic acids is 2. The number of nitrogens with one attached hydrogen (secondary N) is 1. The van der Waals surface area contributed by atoms with Gasteiger partial charge in [-0.1, -0.05) is 378 Å². The zero-order valence-electron chi connectivity index (χ0n) is 58.3. The summed E-state index contributed by atoms with van der Waals surface area (Å²) >= 11 is 0. The quantitative estimate of drug-likeness (QED) is 0.0320. The van der Waals surface area contributed by atoms with Crippen molar-refractivity contribution in [3.8, 4) is 0 Å². The largest absolute Gasteiger partial charge is 0.466 e. The predicted octanol–water partition coefficient (Wildman–Crippen LogP) is 25.8. The fraction of sp³-hybridized carbons (Fsp3) is 0.900. The molecule has 0 aromatic heterocycles. The summed E-state index contributed by atoms with van der Waals surface area (Å²) in [6.45, 7) is 4.97. The number of carbonyl (C=O) groups is 2. The first-order chi connectivity index (χ1) is 42.5. The molecule has 0 saturated carbocycles. The van der Waals surface area contributed by atoms with Gasteiger partial charge in [0.05, 0.1) is 25.4 Å². The summed E-state index contributed by atoms with van der Waals surface area (Å²) in [6, 6.07) is -0.539. The van der Waals surface area contributed by atoms with Crippen molar-refractivity contribution in [3.63, 3.8) is 0 Å². The van der Waals surface area contributed by atoms with Crippen LogP contribution in [0.4, 0.5) is 0 Å². The molecule has 2 atom stereocenters. The van der Waals surface area contributed by atoms with E-state index in [-0.39, 0.29) is 18.5 Å². The summed E-state index contributed by atoms with van der Waals surface area (Å²) in [5.74, 6) is -0.0143. The highest BCUT2D eigenvalue weighted by molar-refractivity contribution is 5.76. The van der Waals surface area contributed by atoms with Crippen LogP contribution in [0, 0.1) is 0 Å². The molecular weight excluding hydrogens is 1050 g/mol. The van der Waals surface area contributed by atoms with Gasteiger partial charge in [0.1, 0.15) is 0 Å². The van der Waals surface area contributed by atoms with Crippen LogP contribution in [0.5, 0.6) is 0 Å². The lowest BCUT2D eigenvalue weighted by atomic mass is 10.0. The number of hydrogen-bond acceptors (Lipinski definition) is 5. The third-order valence-electron chi connectivity index (χ3n) is 18.4.